The van der Waals surface area contributed by atoms with E-state index in [2.05, 4.69) is 39.7 Å². The highest BCUT2D eigenvalue weighted by Crippen LogP contribution is 2.36. The molecule has 3 aromatic rings. The third kappa shape index (κ3) is 3.46. The Hall–Kier alpha value is -2.25. The summed E-state index contributed by atoms with van der Waals surface area (Å²) in [6, 6.07) is 6.13. The average molecular weight is 410 g/mol. The van der Waals surface area contributed by atoms with Crippen molar-refractivity contribution in [3.05, 3.63) is 51.0 Å². The Kier molecular flexibility index (Phi) is 4.87. The third-order valence-electron chi connectivity index (χ3n) is 6.41. The molecule has 7 heteroatoms. The Balaban J connectivity index is 1.36. The third-order valence-corrected chi connectivity index (χ3v) is 7.56. The highest BCUT2D eigenvalue weighted by molar-refractivity contribution is 7.18. The fourth-order valence-corrected chi connectivity index (χ4v) is 6.01. The number of rotatable bonds is 3. The molecule has 6 nitrogen and oxygen atoms in total. The highest BCUT2D eigenvalue weighted by atomic mass is 32.1. The molecule has 4 heterocycles. The monoisotopic (exact) mass is 409 g/mol. The minimum absolute atomic E-state index is 0.0380. The first-order valence-corrected chi connectivity index (χ1v) is 11.4. The van der Waals surface area contributed by atoms with Gasteiger partial charge in [-0.1, -0.05) is 13.0 Å². The number of thiophene rings is 1. The van der Waals surface area contributed by atoms with Crippen LogP contribution in [-0.2, 0) is 12.8 Å². The summed E-state index contributed by atoms with van der Waals surface area (Å²) in [4.78, 5) is 32.4. The van der Waals surface area contributed by atoms with Crippen molar-refractivity contribution in [1.82, 2.24) is 19.9 Å². The summed E-state index contributed by atoms with van der Waals surface area (Å²) in [5.74, 6) is 2.52. The molecule has 0 saturated carbocycles. The lowest BCUT2D eigenvalue weighted by atomic mass is 9.89. The van der Waals surface area contributed by atoms with Crippen LogP contribution in [0.3, 0.4) is 0 Å². The molecule has 1 fully saturated rings. The number of pyridine rings is 1. The molecule has 1 saturated heterocycles. The Bertz CT molecular complexity index is 1070. The van der Waals surface area contributed by atoms with Crippen molar-refractivity contribution in [2.24, 2.45) is 5.92 Å². The molecule has 0 radical (unpaired) electrons. The van der Waals surface area contributed by atoms with Crippen molar-refractivity contribution in [1.29, 1.82) is 0 Å². The Morgan fingerprint density at radius 1 is 1.24 bits per heavy atom. The second kappa shape index (κ2) is 7.54. The van der Waals surface area contributed by atoms with Gasteiger partial charge < -0.3 is 9.88 Å². The first-order chi connectivity index (χ1) is 14.1. The molecule has 1 aliphatic carbocycles. The lowest BCUT2D eigenvalue weighted by Gasteiger charge is -2.38. The van der Waals surface area contributed by atoms with Gasteiger partial charge in [-0.05, 0) is 49.8 Å². The lowest BCUT2D eigenvalue weighted by Crippen LogP contribution is -2.47. The number of nitrogens with zero attached hydrogens (tertiary/aromatic N) is 4. The number of H-pyrrole nitrogens is 1. The second-order valence-corrected chi connectivity index (χ2v) is 9.45. The first kappa shape index (κ1) is 18.8. The molecule has 0 bridgehead atoms. The number of piperazine rings is 1. The van der Waals surface area contributed by atoms with E-state index in [1.807, 2.05) is 18.3 Å². The fraction of sp³-hybridized carbons (Fsp3) is 0.500. The lowest BCUT2D eigenvalue weighted by molar-refractivity contribution is 0.191. The molecule has 2 aliphatic rings. The van der Waals surface area contributed by atoms with E-state index in [4.69, 9.17) is 4.98 Å². The number of fused-ring (bicyclic) bond motifs is 3. The molecule has 3 aromatic heterocycles. The van der Waals surface area contributed by atoms with E-state index in [9.17, 15) is 4.79 Å². The van der Waals surface area contributed by atoms with E-state index in [1.165, 1.54) is 10.4 Å². The van der Waals surface area contributed by atoms with Gasteiger partial charge in [0.15, 0.2) is 0 Å². The normalized spacial score (nSPS) is 21.3. The van der Waals surface area contributed by atoms with Crippen LogP contribution in [0.1, 0.15) is 42.6 Å². The molecule has 0 spiro atoms. The van der Waals surface area contributed by atoms with Crippen LogP contribution < -0.4 is 10.5 Å². The summed E-state index contributed by atoms with van der Waals surface area (Å²) < 4.78 is 0. The minimum Gasteiger partial charge on any atom is -0.354 e. The number of aromatic amines is 1. The second-order valence-electron chi connectivity index (χ2n) is 8.37. The molecule has 0 amide bonds. The van der Waals surface area contributed by atoms with Crippen LogP contribution in [0, 0.1) is 5.92 Å². The van der Waals surface area contributed by atoms with Gasteiger partial charge in [-0.15, -0.1) is 11.3 Å². The van der Waals surface area contributed by atoms with Gasteiger partial charge in [0.1, 0.15) is 16.5 Å². The molecule has 5 rings (SSSR count). The van der Waals surface area contributed by atoms with Crippen LogP contribution in [0.25, 0.3) is 10.2 Å². The Morgan fingerprint density at radius 3 is 2.83 bits per heavy atom. The maximum Gasteiger partial charge on any atom is 0.259 e. The van der Waals surface area contributed by atoms with E-state index >= 15 is 0 Å². The maximum absolute atomic E-state index is 12.9. The summed E-state index contributed by atoms with van der Waals surface area (Å²) >= 11 is 1.73. The van der Waals surface area contributed by atoms with Gasteiger partial charge in [-0.2, -0.15) is 0 Å². The molecular formula is C22H27N5OS. The van der Waals surface area contributed by atoms with Crippen LogP contribution in [-0.4, -0.2) is 46.0 Å². The molecule has 1 N–H and O–H groups in total. The standard InChI is InChI=1S/C22H27N5OS/c1-14-6-7-16-17(13-14)29-22-19(16)21(28)24-20(25-22)15(2)26-9-11-27(12-10-26)18-5-3-4-8-23-18/h3-5,8,14-15H,6-7,9-13H2,1-2H3,(H,24,25,28)/t14-,15+/m1/s1. The van der Waals surface area contributed by atoms with Crippen LogP contribution in [0.2, 0.25) is 0 Å². The van der Waals surface area contributed by atoms with Gasteiger partial charge >= 0.3 is 0 Å². The maximum atomic E-state index is 12.9. The number of hydrogen-bond donors (Lipinski definition) is 1. The quantitative estimate of drug-likeness (QED) is 0.718. The summed E-state index contributed by atoms with van der Waals surface area (Å²) in [5, 5.41) is 0.841. The zero-order valence-electron chi connectivity index (χ0n) is 17.0. The van der Waals surface area contributed by atoms with E-state index < -0.39 is 0 Å². The molecule has 2 atom stereocenters. The van der Waals surface area contributed by atoms with Gasteiger partial charge in [0.05, 0.1) is 11.4 Å². The summed E-state index contributed by atoms with van der Waals surface area (Å²) in [6.07, 6.45) is 5.09. The number of aromatic nitrogens is 3. The predicted octanol–water partition coefficient (Wildman–Crippen LogP) is 3.39. The molecule has 152 valence electrons. The number of hydrogen-bond acceptors (Lipinski definition) is 6. The highest BCUT2D eigenvalue weighted by Gasteiger charge is 2.27. The van der Waals surface area contributed by atoms with E-state index in [-0.39, 0.29) is 11.6 Å². The number of nitrogens with one attached hydrogen (secondary N) is 1. The van der Waals surface area contributed by atoms with Crippen LogP contribution in [0.15, 0.2) is 29.2 Å². The smallest absolute Gasteiger partial charge is 0.259 e. The van der Waals surface area contributed by atoms with Gasteiger partial charge in [0, 0.05) is 37.3 Å². The number of anilines is 1. The Morgan fingerprint density at radius 2 is 2.07 bits per heavy atom. The van der Waals surface area contributed by atoms with Crippen molar-refractivity contribution in [2.75, 3.05) is 31.1 Å². The van der Waals surface area contributed by atoms with Crippen LogP contribution >= 0.6 is 11.3 Å². The van der Waals surface area contributed by atoms with Gasteiger partial charge in [-0.3, -0.25) is 9.69 Å². The minimum atomic E-state index is 0.0380. The topological polar surface area (TPSA) is 65.1 Å². The van der Waals surface area contributed by atoms with Crippen molar-refractivity contribution in [3.8, 4) is 0 Å². The van der Waals surface area contributed by atoms with E-state index in [0.717, 1.165) is 67.3 Å². The van der Waals surface area contributed by atoms with Gasteiger partial charge in [0.25, 0.3) is 5.56 Å². The largest absolute Gasteiger partial charge is 0.354 e. The summed E-state index contributed by atoms with van der Waals surface area (Å²) in [6.45, 7) is 8.16. The average Bonchev–Trinajstić information content (AvgIpc) is 3.11. The first-order valence-electron chi connectivity index (χ1n) is 10.5. The van der Waals surface area contributed by atoms with E-state index in [1.54, 1.807) is 11.3 Å². The van der Waals surface area contributed by atoms with Crippen molar-refractivity contribution < 1.29 is 0 Å². The summed E-state index contributed by atoms with van der Waals surface area (Å²) in [7, 11) is 0. The van der Waals surface area contributed by atoms with Crippen molar-refractivity contribution >= 4 is 27.4 Å². The van der Waals surface area contributed by atoms with Crippen LogP contribution in [0.4, 0.5) is 5.82 Å². The summed E-state index contributed by atoms with van der Waals surface area (Å²) in [5.41, 5.74) is 1.29. The SMILES string of the molecule is C[C@@H]1CCc2c(sc3nc([C@H](C)N4CCN(c5ccccn5)CC4)[nH]c(=O)c23)C1. The zero-order valence-corrected chi connectivity index (χ0v) is 17.8. The van der Waals surface area contributed by atoms with Gasteiger partial charge in [-0.25, -0.2) is 9.97 Å². The molecule has 1 aliphatic heterocycles. The van der Waals surface area contributed by atoms with Crippen molar-refractivity contribution in [3.63, 3.8) is 0 Å². The molecule has 0 unspecified atom stereocenters. The molecular weight excluding hydrogens is 382 g/mol. The van der Waals surface area contributed by atoms with E-state index in [0.29, 0.717) is 5.92 Å². The van der Waals surface area contributed by atoms with Gasteiger partial charge in [0.2, 0.25) is 0 Å². The zero-order chi connectivity index (χ0) is 20.0. The predicted molar refractivity (Wildman–Crippen MR) is 118 cm³/mol. The fourth-order valence-electron chi connectivity index (χ4n) is 4.62. The van der Waals surface area contributed by atoms with Crippen LogP contribution in [0.5, 0.6) is 0 Å². The molecule has 29 heavy (non-hydrogen) atoms. The number of aryl methyl sites for hydroxylation is 1. The van der Waals surface area contributed by atoms with Crippen molar-refractivity contribution in [2.45, 2.75) is 39.2 Å². The molecule has 0 aromatic carbocycles. The Labute approximate surface area is 174 Å².